The summed E-state index contributed by atoms with van der Waals surface area (Å²) >= 11 is 9.76. The number of halogens is 2. The lowest BCUT2D eigenvalue weighted by Gasteiger charge is -2.39. The third kappa shape index (κ3) is 4.25. The number of nitrogens with zero attached hydrogens (tertiary/aromatic N) is 1. The molecule has 144 valence electrons. The van der Waals surface area contributed by atoms with Crippen molar-refractivity contribution >= 4 is 39.3 Å². The van der Waals surface area contributed by atoms with E-state index in [-0.39, 0.29) is 12.1 Å². The van der Waals surface area contributed by atoms with Crippen molar-refractivity contribution in [3.05, 3.63) is 57.0 Å². The van der Waals surface area contributed by atoms with Crippen LogP contribution in [0.25, 0.3) is 0 Å². The molecule has 1 atom stereocenters. The van der Waals surface area contributed by atoms with Crippen LogP contribution in [-0.4, -0.2) is 18.8 Å². The second kappa shape index (κ2) is 7.72. The van der Waals surface area contributed by atoms with E-state index in [1.54, 1.807) is 12.0 Å². The van der Waals surface area contributed by atoms with Crippen LogP contribution in [0.4, 0.5) is 10.5 Å². The maximum absolute atomic E-state index is 13.2. The van der Waals surface area contributed by atoms with E-state index in [1.807, 2.05) is 57.2 Å². The number of rotatable bonds is 2. The highest BCUT2D eigenvalue weighted by Crippen LogP contribution is 2.44. The number of ether oxygens (including phenoxy) is 2. The Morgan fingerprint density at radius 2 is 1.96 bits per heavy atom. The third-order valence-corrected chi connectivity index (χ3v) is 5.67. The zero-order valence-corrected chi connectivity index (χ0v) is 18.2. The fourth-order valence-electron chi connectivity index (χ4n) is 3.36. The quantitative estimate of drug-likeness (QED) is 0.519. The van der Waals surface area contributed by atoms with E-state index < -0.39 is 5.60 Å². The van der Waals surface area contributed by atoms with Crippen molar-refractivity contribution in [1.29, 1.82) is 0 Å². The van der Waals surface area contributed by atoms with Gasteiger partial charge in [0.05, 0.1) is 23.9 Å². The van der Waals surface area contributed by atoms with Crippen LogP contribution in [0.1, 0.15) is 44.4 Å². The molecule has 0 spiro atoms. The Morgan fingerprint density at radius 3 is 2.63 bits per heavy atom. The molecule has 1 unspecified atom stereocenters. The Morgan fingerprint density at radius 1 is 1.26 bits per heavy atom. The van der Waals surface area contributed by atoms with Crippen LogP contribution in [0.2, 0.25) is 5.02 Å². The molecule has 0 aromatic heterocycles. The van der Waals surface area contributed by atoms with Gasteiger partial charge in [0.15, 0.2) is 0 Å². The fraction of sp³-hybridized carbons (Fsp3) is 0.381. The Kier molecular flexibility index (Phi) is 5.73. The van der Waals surface area contributed by atoms with Crippen molar-refractivity contribution in [2.75, 3.05) is 12.0 Å². The van der Waals surface area contributed by atoms with E-state index in [0.29, 0.717) is 5.02 Å². The van der Waals surface area contributed by atoms with E-state index in [1.165, 1.54) is 0 Å². The molecule has 0 bridgehead atoms. The summed E-state index contributed by atoms with van der Waals surface area (Å²) in [6.45, 7) is 5.60. The van der Waals surface area contributed by atoms with Crippen LogP contribution < -0.4 is 9.64 Å². The van der Waals surface area contributed by atoms with Gasteiger partial charge in [-0.05, 0) is 73.3 Å². The largest absolute Gasteiger partial charge is 0.496 e. The Balaban J connectivity index is 2.12. The van der Waals surface area contributed by atoms with Crippen molar-refractivity contribution in [3.63, 3.8) is 0 Å². The van der Waals surface area contributed by atoms with Gasteiger partial charge < -0.3 is 9.47 Å². The van der Waals surface area contributed by atoms with Crippen molar-refractivity contribution in [2.45, 2.75) is 45.3 Å². The number of fused-ring (bicyclic) bond motifs is 1. The van der Waals surface area contributed by atoms with Crippen LogP contribution in [-0.2, 0) is 11.2 Å². The minimum absolute atomic E-state index is 0.184. The van der Waals surface area contributed by atoms with Gasteiger partial charge in [-0.3, -0.25) is 4.90 Å². The fourth-order valence-corrected chi connectivity index (χ4v) is 3.88. The second-order valence-corrected chi connectivity index (χ2v) is 8.80. The lowest BCUT2D eigenvalue weighted by Crippen LogP contribution is -2.42. The summed E-state index contributed by atoms with van der Waals surface area (Å²) in [5, 5.41) is 0.633. The molecule has 0 radical (unpaired) electrons. The number of aryl methyl sites for hydroxylation is 1. The second-order valence-electron chi connectivity index (χ2n) is 7.54. The van der Waals surface area contributed by atoms with Gasteiger partial charge in [0.1, 0.15) is 11.4 Å². The average molecular weight is 453 g/mol. The lowest BCUT2D eigenvalue weighted by molar-refractivity contribution is 0.0559. The molecule has 3 rings (SSSR count). The number of benzene rings is 2. The summed E-state index contributed by atoms with van der Waals surface area (Å²) in [6.07, 6.45) is 1.18. The number of methoxy groups -OCH3 is 1. The molecule has 2 aromatic carbocycles. The van der Waals surface area contributed by atoms with Crippen LogP contribution in [0.15, 0.2) is 40.9 Å². The van der Waals surface area contributed by atoms with E-state index in [2.05, 4.69) is 15.9 Å². The Hall–Kier alpha value is -1.72. The first-order valence-electron chi connectivity index (χ1n) is 8.84. The van der Waals surface area contributed by atoms with E-state index in [0.717, 1.165) is 39.9 Å². The normalized spacial score (nSPS) is 16.7. The van der Waals surface area contributed by atoms with Gasteiger partial charge in [-0.2, -0.15) is 0 Å². The predicted octanol–water partition coefficient (Wildman–Crippen LogP) is 6.54. The summed E-state index contributed by atoms with van der Waals surface area (Å²) in [6, 6.07) is 11.4. The molecule has 2 aromatic rings. The average Bonchev–Trinajstić information content (AvgIpc) is 2.60. The molecule has 0 fully saturated rings. The van der Waals surface area contributed by atoms with E-state index in [4.69, 9.17) is 21.1 Å². The number of para-hydroxylation sites is 1. The highest BCUT2D eigenvalue weighted by Gasteiger charge is 2.36. The van der Waals surface area contributed by atoms with Crippen LogP contribution >= 0.6 is 27.5 Å². The molecule has 27 heavy (non-hydrogen) atoms. The maximum Gasteiger partial charge on any atom is 0.415 e. The van der Waals surface area contributed by atoms with Gasteiger partial charge in [0.2, 0.25) is 0 Å². The predicted molar refractivity (Wildman–Crippen MR) is 112 cm³/mol. The zero-order chi connectivity index (χ0) is 19.8. The first-order valence-corrected chi connectivity index (χ1v) is 10.0. The number of carbonyl (C=O) groups excluding carboxylic acids is 1. The van der Waals surface area contributed by atoms with Gasteiger partial charge in [-0.15, -0.1) is 0 Å². The van der Waals surface area contributed by atoms with Gasteiger partial charge in [0, 0.05) is 10.0 Å². The SMILES string of the molecule is COc1ccccc1C1CCc2cc(Cl)c(Br)cc2N1C(=O)OC(C)(C)C. The summed E-state index contributed by atoms with van der Waals surface area (Å²) < 4.78 is 12.0. The number of amides is 1. The summed E-state index contributed by atoms with van der Waals surface area (Å²) in [4.78, 5) is 14.9. The molecule has 1 heterocycles. The Bertz CT molecular complexity index is 863. The van der Waals surface area contributed by atoms with Crippen molar-refractivity contribution in [1.82, 2.24) is 0 Å². The maximum atomic E-state index is 13.2. The highest BCUT2D eigenvalue weighted by molar-refractivity contribution is 9.10. The molecule has 4 nitrogen and oxygen atoms in total. The van der Waals surface area contributed by atoms with Crippen LogP contribution in [0, 0.1) is 0 Å². The first kappa shape index (κ1) is 20.0. The van der Waals surface area contributed by atoms with Gasteiger partial charge >= 0.3 is 6.09 Å². The van der Waals surface area contributed by atoms with E-state index in [9.17, 15) is 4.79 Å². The summed E-state index contributed by atoms with van der Waals surface area (Å²) in [5.74, 6) is 0.757. The van der Waals surface area contributed by atoms with Crippen LogP contribution in [0.3, 0.4) is 0 Å². The number of hydrogen-bond donors (Lipinski definition) is 0. The van der Waals surface area contributed by atoms with Crippen LogP contribution in [0.5, 0.6) is 5.75 Å². The van der Waals surface area contributed by atoms with Gasteiger partial charge in [-0.1, -0.05) is 29.8 Å². The molecule has 0 N–H and O–H groups in total. The molecule has 0 aliphatic carbocycles. The minimum atomic E-state index is -0.594. The van der Waals surface area contributed by atoms with Gasteiger partial charge in [-0.25, -0.2) is 4.79 Å². The molecular formula is C21H23BrClNO3. The van der Waals surface area contributed by atoms with Gasteiger partial charge in [0.25, 0.3) is 0 Å². The third-order valence-electron chi connectivity index (χ3n) is 4.47. The number of anilines is 1. The highest BCUT2D eigenvalue weighted by atomic mass is 79.9. The van der Waals surface area contributed by atoms with E-state index >= 15 is 0 Å². The summed E-state index contributed by atoms with van der Waals surface area (Å²) in [7, 11) is 1.64. The van der Waals surface area contributed by atoms with Crippen molar-refractivity contribution in [2.24, 2.45) is 0 Å². The topological polar surface area (TPSA) is 38.8 Å². The van der Waals surface area contributed by atoms with Crippen molar-refractivity contribution < 1.29 is 14.3 Å². The standard InChI is InChI=1S/C21H23BrClNO3/c1-21(2,3)27-20(25)24-17(14-7-5-6-8-19(14)26-4)10-9-13-11-16(23)15(22)12-18(13)24/h5-8,11-12,17H,9-10H2,1-4H3. The summed E-state index contributed by atoms with van der Waals surface area (Å²) in [5.41, 5.74) is 2.20. The molecule has 1 aliphatic rings. The number of carbonyl (C=O) groups is 1. The smallest absolute Gasteiger partial charge is 0.415 e. The molecule has 1 aliphatic heterocycles. The molecule has 0 saturated carbocycles. The molecule has 0 saturated heterocycles. The lowest BCUT2D eigenvalue weighted by atomic mass is 9.91. The number of hydrogen-bond acceptors (Lipinski definition) is 3. The molecular weight excluding hydrogens is 430 g/mol. The van der Waals surface area contributed by atoms with Crippen molar-refractivity contribution in [3.8, 4) is 5.75 Å². The zero-order valence-electron chi connectivity index (χ0n) is 15.9. The monoisotopic (exact) mass is 451 g/mol. The molecule has 6 heteroatoms. The molecule has 1 amide bonds. The minimum Gasteiger partial charge on any atom is -0.496 e. The first-order chi connectivity index (χ1) is 12.7. The Labute approximate surface area is 173 Å².